The Bertz CT molecular complexity index is 2200. The van der Waals surface area contributed by atoms with Gasteiger partial charge >= 0.3 is 0 Å². The predicted molar refractivity (Wildman–Crippen MR) is 201 cm³/mol. The minimum atomic E-state index is -0.103. The van der Waals surface area contributed by atoms with Crippen LogP contribution in [0, 0.1) is 0 Å². The van der Waals surface area contributed by atoms with Crippen LogP contribution >= 0.6 is 0 Å². The van der Waals surface area contributed by atoms with Gasteiger partial charge in [-0.2, -0.15) is 0 Å². The van der Waals surface area contributed by atoms with Gasteiger partial charge in [0.05, 0.1) is 0 Å². The first-order chi connectivity index (χ1) is 22.9. The third-order valence-electron chi connectivity index (χ3n) is 9.42. The summed E-state index contributed by atoms with van der Waals surface area (Å²) in [5.74, 6) is 0.341. The Hall–Kier alpha value is -5.60. The number of furan rings is 1. The lowest BCUT2D eigenvalue weighted by atomic mass is 9.80. The van der Waals surface area contributed by atoms with Gasteiger partial charge in [-0.05, 0) is 87.4 Å². The highest BCUT2D eigenvalue weighted by Crippen LogP contribution is 2.51. The van der Waals surface area contributed by atoms with Crippen molar-refractivity contribution in [3.63, 3.8) is 0 Å². The lowest BCUT2D eigenvalue weighted by molar-refractivity contribution is 0.663. The molecule has 5 aromatic carbocycles. The summed E-state index contributed by atoms with van der Waals surface area (Å²) in [6.45, 7) is 8.65. The number of allylic oxidation sites excluding steroid dienone is 8. The third kappa shape index (κ3) is 5.79. The maximum Gasteiger partial charge on any atom is 0.136 e. The van der Waals surface area contributed by atoms with Crippen molar-refractivity contribution in [2.75, 3.05) is 5.73 Å². The van der Waals surface area contributed by atoms with E-state index in [1.807, 2.05) is 54.6 Å². The number of nitrogens with two attached hydrogens (primary N) is 1. The maximum absolute atomic E-state index is 6.30. The molecule has 1 heterocycles. The van der Waals surface area contributed by atoms with Crippen LogP contribution in [0.25, 0.3) is 44.7 Å². The van der Waals surface area contributed by atoms with Crippen LogP contribution in [0.4, 0.5) is 5.69 Å². The molecule has 47 heavy (non-hydrogen) atoms. The fraction of sp³-hybridized carbons (Fsp3) is 0.111. The molecule has 0 saturated heterocycles. The van der Waals surface area contributed by atoms with E-state index in [2.05, 4.69) is 124 Å². The van der Waals surface area contributed by atoms with Crippen LogP contribution in [0.15, 0.2) is 168 Å². The number of rotatable bonds is 4. The fourth-order valence-electron chi connectivity index (χ4n) is 6.97. The summed E-state index contributed by atoms with van der Waals surface area (Å²) in [5, 5.41) is 2.36. The van der Waals surface area contributed by atoms with E-state index >= 15 is 0 Å². The summed E-state index contributed by atoms with van der Waals surface area (Å²) < 4.78 is 6.30. The molecule has 1 aromatic heterocycles. The summed E-state index contributed by atoms with van der Waals surface area (Å²) in [6.07, 6.45) is 16.3. The topological polar surface area (TPSA) is 39.2 Å². The number of benzene rings is 5. The smallest absolute Gasteiger partial charge is 0.136 e. The second kappa shape index (κ2) is 12.7. The largest absolute Gasteiger partial charge is 0.456 e. The van der Waals surface area contributed by atoms with E-state index in [4.69, 9.17) is 10.2 Å². The normalized spacial score (nSPS) is 18.0. The first-order valence-electron chi connectivity index (χ1n) is 16.3. The van der Waals surface area contributed by atoms with E-state index in [-0.39, 0.29) is 5.41 Å². The van der Waals surface area contributed by atoms with Gasteiger partial charge in [-0.15, -0.1) is 0 Å². The number of anilines is 1. The van der Waals surface area contributed by atoms with Crippen LogP contribution in [0.5, 0.6) is 0 Å². The van der Waals surface area contributed by atoms with E-state index in [0.29, 0.717) is 5.92 Å². The zero-order chi connectivity index (χ0) is 32.4. The van der Waals surface area contributed by atoms with Crippen LogP contribution < -0.4 is 5.73 Å². The van der Waals surface area contributed by atoms with Gasteiger partial charge in [-0.25, -0.2) is 0 Å². The summed E-state index contributed by atoms with van der Waals surface area (Å²) in [5.41, 5.74) is 18.4. The number of fused-ring (bicyclic) bond motifs is 4. The van der Waals surface area contributed by atoms with E-state index < -0.39 is 0 Å². The van der Waals surface area contributed by atoms with Gasteiger partial charge in [-0.1, -0.05) is 142 Å². The Morgan fingerprint density at radius 2 is 1.49 bits per heavy atom. The highest BCUT2D eigenvalue weighted by atomic mass is 16.3. The number of nitrogen functional groups attached to an aromatic ring is 1. The van der Waals surface area contributed by atoms with Crippen molar-refractivity contribution in [2.24, 2.45) is 0 Å². The molecular weight excluding hydrogens is 571 g/mol. The van der Waals surface area contributed by atoms with Gasteiger partial charge in [0.2, 0.25) is 0 Å². The van der Waals surface area contributed by atoms with E-state index in [0.717, 1.165) is 23.3 Å². The van der Waals surface area contributed by atoms with E-state index in [1.54, 1.807) is 0 Å². The molecule has 1 unspecified atom stereocenters. The van der Waals surface area contributed by atoms with E-state index in [9.17, 15) is 0 Å². The van der Waals surface area contributed by atoms with Gasteiger partial charge in [-0.3, -0.25) is 0 Å². The molecule has 0 aliphatic heterocycles. The summed E-state index contributed by atoms with van der Waals surface area (Å²) in [7, 11) is 0. The highest BCUT2D eigenvalue weighted by Gasteiger charge is 2.37. The highest BCUT2D eigenvalue weighted by molar-refractivity contribution is 6.06. The fourth-order valence-corrected chi connectivity index (χ4v) is 6.97. The Balaban J connectivity index is 0.000000226. The van der Waals surface area contributed by atoms with Crippen LogP contribution in [-0.2, 0) is 5.41 Å². The lowest BCUT2D eigenvalue weighted by Crippen LogP contribution is -2.15. The molecule has 2 aliphatic carbocycles. The molecule has 230 valence electrons. The molecule has 6 aromatic rings. The first kappa shape index (κ1) is 30.1. The Morgan fingerprint density at radius 1 is 0.766 bits per heavy atom. The van der Waals surface area contributed by atoms with Crippen LogP contribution in [0.2, 0.25) is 0 Å². The van der Waals surface area contributed by atoms with Gasteiger partial charge < -0.3 is 10.2 Å². The second-order valence-electron chi connectivity index (χ2n) is 12.8. The van der Waals surface area contributed by atoms with Crippen molar-refractivity contribution in [1.82, 2.24) is 0 Å². The van der Waals surface area contributed by atoms with E-state index in [1.165, 1.54) is 55.3 Å². The molecule has 0 fully saturated rings. The van der Waals surface area contributed by atoms with Crippen molar-refractivity contribution in [3.05, 3.63) is 186 Å². The zero-order valence-electron chi connectivity index (χ0n) is 27.0. The molecule has 2 heteroatoms. The second-order valence-corrected chi connectivity index (χ2v) is 12.8. The van der Waals surface area contributed by atoms with Crippen molar-refractivity contribution >= 4 is 39.3 Å². The minimum absolute atomic E-state index is 0.103. The average Bonchev–Trinajstić information content (AvgIpc) is 3.57. The number of hydrogen-bond donors (Lipinski definition) is 1. The Labute approximate surface area is 277 Å². The predicted octanol–water partition coefficient (Wildman–Crippen LogP) is 12.1. The maximum atomic E-state index is 6.30. The molecule has 2 nitrogen and oxygen atoms in total. The molecule has 2 N–H and O–H groups in total. The van der Waals surface area contributed by atoms with Gasteiger partial charge in [0.1, 0.15) is 11.2 Å². The standard InChI is InChI=1S/C33H28O.C12H11N/c1-4-12-24-25-15-8-10-17-29(25)33(2,3)30(24)19-23-20-32-28(26-16-9-11-18-31(26)34-32)21-27(23)22-13-6-5-7-14-22;13-12-8-6-11(7-9-12)10-4-2-1-3-5-10/h4-13,15-22H,1,14H2,2-3H3;1-9H,13H2/b24-12-,30-19+;. The van der Waals surface area contributed by atoms with Gasteiger partial charge in [0.25, 0.3) is 0 Å². The SMILES string of the molecule is C=C/C=C1\C(=C/c2cc3oc4ccccc4c3cc2C2C=CC=CC2)C(C)(C)c2ccccc21.Nc1ccc(-c2ccccc2)cc1. The van der Waals surface area contributed by atoms with Crippen molar-refractivity contribution in [3.8, 4) is 11.1 Å². The molecule has 1 atom stereocenters. The minimum Gasteiger partial charge on any atom is -0.456 e. The zero-order valence-corrected chi connectivity index (χ0v) is 27.0. The Morgan fingerprint density at radius 3 is 2.26 bits per heavy atom. The Kier molecular flexibility index (Phi) is 8.10. The van der Waals surface area contributed by atoms with Crippen molar-refractivity contribution < 1.29 is 4.42 Å². The summed E-state index contributed by atoms with van der Waals surface area (Å²) >= 11 is 0. The van der Waals surface area contributed by atoms with Crippen LogP contribution in [-0.4, -0.2) is 0 Å². The molecule has 0 radical (unpaired) electrons. The molecule has 0 amide bonds. The number of para-hydroxylation sites is 1. The quantitative estimate of drug-likeness (QED) is 0.202. The van der Waals surface area contributed by atoms with Crippen LogP contribution in [0.3, 0.4) is 0 Å². The first-order valence-corrected chi connectivity index (χ1v) is 16.3. The molecule has 8 rings (SSSR count). The number of hydrogen-bond acceptors (Lipinski definition) is 2. The summed E-state index contributed by atoms with van der Waals surface area (Å²) in [6, 6.07) is 39.8. The molecule has 0 bridgehead atoms. The lowest BCUT2D eigenvalue weighted by Gasteiger charge is -2.23. The van der Waals surface area contributed by atoms with Crippen LogP contribution in [0.1, 0.15) is 48.4 Å². The summed E-state index contributed by atoms with van der Waals surface area (Å²) in [4.78, 5) is 0. The van der Waals surface area contributed by atoms with Gasteiger partial charge in [0, 0.05) is 27.8 Å². The van der Waals surface area contributed by atoms with Crippen molar-refractivity contribution in [1.29, 1.82) is 0 Å². The molecule has 0 spiro atoms. The third-order valence-corrected chi connectivity index (χ3v) is 9.42. The molecule has 2 aliphatic rings. The van der Waals surface area contributed by atoms with Crippen molar-refractivity contribution in [2.45, 2.75) is 31.6 Å². The molecular formula is C45H39NO. The van der Waals surface area contributed by atoms with Gasteiger partial charge in [0.15, 0.2) is 0 Å². The monoisotopic (exact) mass is 609 g/mol. The molecule has 0 saturated carbocycles. The average molecular weight is 610 g/mol.